The Bertz CT molecular complexity index is 639. The van der Waals surface area contributed by atoms with Crippen molar-refractivity contribution >= 4 is 21.7 Å². The fourth-order valence-electron chi connectivity index (χ4n) is 2.14. The molecule has 1 aromatic carbocycles. The molecule has 20 heavy (non-hydrogen) atoms. The normalized spacial score (nSPS) is 19.9. The SMILES string of the molecule is O=C([O-])[C@@H]1CCCN1S(=O)(=O)c1ccc([N+](=O)[O-])cc1. The monoisotopic (exact) mass is 299 g/mol. The van der Waals surface area contributed by atoms with E-state index in [0.29, 0.717) is 6.42 Å². The minimum absolute atomic E-state index is 0.0952. The molecule has 1 aliphatic heterocycles. The molecule has 0 spiro atoms. The van der Waals surface area contributed by atoms with Crippen LogP contribution in [0.3, 0.4) is 0 Å². The second kappa shape index (κ2) is 5.17. The highest BCUT2D eigenvalue weighted by molar-refractivity contribution is 7.89. The lowest BCUT2D eigenvalue weighted by molar-refractivity contribution is -0.384. The first-order chi connectivity index (χ1) is 9.34. The Morgan fingerprint density at radius 1 is 1.30 bits per heavy atom. The van der Waals surface area contributed by atoms with Crippen LogP contribution in [0, 0.1) is 10.1 Å². The van der Waals surface area contributed by atoms with Crippen molar-refractivity contribution in [3.8, 4) is 0 Å². The second-order valence-electron chi connectivity index (χ2n) is 4.34. The van der Waals surface area contributed by atoms with Gasteiger partial charge in [-0.3, -0.25) is 10.1 Å². The van der Waals surface area contributed by atoms with Gasteiger partial charge in [0.15, 0.2) is 0 Å². The predicted molar refractivity (Wildman–Crippen MR) is 65.0 cm³/mol. The summed E-state index contributed by atoms with van der Waals surface area (Å²) < 4.78 is 25.5. The van der Waals surface area contributed by atoms with Gasteiger partial charge in [0.25, 0.3) is 5.69 Å². The van der Waals surface area contributed by atoms with Crippen molar-refractivity contribution in [1.82, 2.24) is 4.31 Å². The van der Waals surface area contributed by atoms with Crippen LogP contribution in [0.2, 0.25) is 0 Å². The molecular formula is C11H11N2O6S-. The lowest BCUT2D eigenvalue weighted by atomic mass is 10.2. The van der Waals surface area contributed by atoms with Crippen LogP contribution in [-0.4, -0.2) is 36.2 Å². The van der Waals surface area contributed by atoms with Crippen molar-refractivity contribution in [1.29, 1.82) is 0 Å². The molecule has 0 saturated carbocycles. The Hall–Kier alpha value is -2.00. The average Bonchev–Trinajstić information content (AvgIpc) is 2.89. The minimum Gasteiger partial charge on any atom is -0.548 e. The molecule has 1 heterocycles. The number of aliphatic carboxylic acids is 1. The smallest absolute Gasteiger partial charge is 0.269 e. The molecule has 1 saturated heterocycles. The molecule has 1 aromatic rings. The molecule has 0 N–H and O–H groups in total. The van der Waals surface area contributed by atoms with Crippen molar-refractivity contribution in [3.63, 3.8) is 0 Å². The Morgan fingerprint density at radius 3 is 2.40 bits per heavy atom. The summed E-state index contributed by atoms with van der Waals surface area (Å²) in [6, 6.07) is 3.14. The van der Waals surface area contributed by atoms with E-state index in [1.807, 2.05) is 0 Å². The van der Waals surface area contributed by atoms with Gasteiger partial charge in [-0.15, -0.1) is 0 Å². The van der Waals surface area contributed by atoms with Crippen LogP contribution in [0.5, 0.6) is 0 Å². The number of rotatable bonds is 4. The van der Waals surface area contributed by atoms with E-state index < -0.39 is 27.0 Å². The molecule has 108 valence electrons. The van der Waals surface area contributed by atoms with Crippen LogP contribution in [0.15, 0.2) is 29.2 Å². The van der Waals surface area contributed by atoms with Gasteiger partial charge in [0, 0.05) is 18.7 Å². The number of carboxylic acid groups (broad SMARTS) is 1. The number of hydrogen-bond acceptors (Lipinski definition) is 6. The topological polar surface area (TPSA) is 121 Å². The van der Waals surface area contributed by atoms with Crippen molar-refractivity contribution in [2.75, 3.05) is 6.54 Å². The van der Waals surface area contributed by atoms with Crippen LogP contribution in [0.1, 0.15) is 12.8 Å². The summed E-state index contributed by atoms with van der Waals surface area (Å²) in [5, 5.41) is 21.4. The summed E-state index contributed by atoms with van der Waals surface area (Å²) in [4.78, 5) is 20.6. The summed E-state index contributed by atoms with van der Waals surface area (Å²) in [5.74, 6) is -1.44. The molecule has 1 fully saturated rings. The van der Waals surface area contributed by atoms with Crippen molar-refractivity contribution < 1.29 is 23.2 Å². The Morgan fingerprint density at radius 2 is 1.90 bits per heavy atom. The van der Waals surface area contributed by atoms with Gasteiger partial charge in [-0.2, -0.15) is 4.31 Å². The third kappa shape index (κ3) is 2.49. The third-order valence-electron chi connectivity index (χ3n) is 3.13. The molecule has 8 nitrogen and oxygen atoms in total. The zero-order valence-electron chi connectivity index (χ0n) is 10.3. The van der Waals surface area contributed by atoms with E-state index in [1.165, 1.54) is 0 Å². The summed E-state index contributed by atoms with van der Waals surface area (Å²) >= 11 is 0. The molecule has 0 unspecified atom stereocenters. The van der Waals surface area contributed by atoms with E-state index in [2.05, 4.69) is 0 Å². The van der Waals surface area contributed by atoms with E-state index in [-0.39, 0.29) is 23.5 Å². The summed E-state index contributed by atoms with van der Waals surface area (Å²) in [7, 11) is -3.99. The molecular weight excluding hydrogens is 288 g/mol. The average molecular weight is 299 g/mol. The van der Waals surface area contributed by atoms with Crippen LogP contribution in [0.25, 0.3) is 0 Å². The number of nitrogens with zero attached hydrogens (tertiary/aromatic N) is 2. The molecule has 0 aromatic heterocycles. The minimum atomic E-state index is -3.99. The van der Waals surface area contributed by atoms with Crippen molar-refractivity contribution in [2.24, 2.45) is 0 Å². The lowest BCUT2D eigenvalue weighted by Gasteiger charge is -2.24. The quantitative estimate of drug-likeness (QED) is 0.545. The Kier molecular flexibility index (Phi) is 3.73. The highest BCUT2D eigenvalue weighted by Crippen LogP contribution is 2.26. The maximum Gasteiger partial charge on any atom is 0.269 e. The second-order valence-corrected chi connectivity index (χ2v) is 6.23. The van der Waals surface area contributed by atoms with Crippen LogP contribution in [0.4, 0.5) is 5.69 Å². The highest BCUT2D eigenvalue weighted by Gasteiger charge is 2.36. The van der Waals surface area contributed by atoms with Gasteiger partial charge in [0.1, 0.15) is 0 Å². The largest absolute Gasteiger partial charge is 0.548 e. The maximum atomic E-state index is 12.3. The van der Waals surface area contributed by atoms with E-state index in [4.69, 9.17) is 0 Å². The standard InChI is InChI=1S/C11H12N2O6S/c14-11(15)10-2-1-7-12(10)20(18,19)9-5-3-8(4-6-9)13(16)17/h3-6,10H,1-2,7H2,(H,14,15)/p-1/t10-/m0/s1. The predicted octanol–water partition coefficient (Wildman–Crippen LogP) is -0.502. The molecule has 1 atom stereocenters. The number of benzene rings is 1. The van der Waals surface area contributed by atoms with E-state index in [9.17, 15) is 28.4 Å². The maximum absolute atomic E-state index is 12.3. The number of carbonyl (C=O) groups is 1. The number of carboxylic acids is 1. The van der Waals surface area contributed by atoms with Gasteiger partial charge in [0.05, 0.1) is 21.8 Å². The van der Waals surface area contributed by atoms with E-state index in [0.717, 1.165) is 28.6 Å². The zero-order chi connectivity index (χ0) is 14.9. The van der Waals surface area contributed by atoms with Gasteiger partial charge >= 0.3 is 0 Å². The summed E-state index contributed by atoms with van der Waals surface area (Å²) in [5.41, 5.74) is -0.234. The molecule has 0 amide bonds. The van der Waals surface area contributed by atoms with Gasteiger partial charge in [-0.1, -0.05) is 0 Å². The Balaban J connectivity index is 2.35. The number of nitro groups is 1. The van der Waals surface area contributed by atoms with E-state index in [1.54, 1.807) is 0 Å². The van der Waals surface area contributed by atoms with Crippen molar-refractivity contribution in [2.45, 2.75) is 23.8 Å². The van der Waals surface area contributed by atoms with E-state index >= 15 is 0 Å². The first-order valence-corrected chi connectivity index (χ1v) is 7.25. The number of non-ortho nitro benzene ring substituents is 1. The molecule has 0 aliphatic carbocycles. The van der Waals surface area contributed by atoms with Gasteiger partial charge < -0.3 is 9.90 Å². The van der Waals surface area contributed by atoms with Crippen LogP contribution in [-0.2, 0) is 14.8 Å². The van der Waals surface area contributed by atoms with Crippen LogP contribution >= 0.6 is 0 Å². The zero-order valence-corrected chi connectivity index (χ0v) is 11.1. The van der Waals surface area contributed by atoms with Gasteiger partial charge in [-0.05, 0) is 25.0 Å². The molecule has 1 aliphatic rings. The molecule has 9 heteroatoms. The van der Waals surface area contributed by atoms with Crippen molar-refractivity contribution in [3.05, 3.63) is 34.4 Å². The van der Waals surface area contributed by atoms with Crippen LogP contribution < -0.4 is 5.11 Å². The fourth-order valence-corrected chi connectivity index (χ4v) is 3.79. The number of carbonyl (C=O) groups excluding carboxylic acids is 1. The molecule has 0 bridgehead atoms. The molecule has 2 rings (SSSR count). The highest BCUT2D eigenvalue weighted by atomic mass is 32.2. The number of nitro benzene ring substituents is 1. The number of sulfonamides is 1. The number of hydrogen-bond donors (Lipinski definition) is 0. The first kappa shape index (κ1) is 14.4. The van der Waals surface area contributed by atoms with Gasteiger partial charge in [0.2, 0.25) is 10.0 Å². The third-order valence-corrected chi connectivity index (χ3v) is 5.05. The fraction of sp³-hybridized carbons (Fsp3) is 0.364. The Labute approximate surface area is 114 Å². The molecule has 0 radical (unpaired) electrons. The summed E-state index contributed by atoms with van der Waals surface area (Å²) in [6.07, 6.45) is 0.638. The van der Waals surface area contributed by atoms with Gasteiger partial charge in [-0.25, -0.2) is 8.42 Å². The summed E-state index contributed by atoms with van der Waals surface area (Å²) in [6.45, 7) is 0.0952. The lowest BCUT2D eigenvalue weighted by Crippen LogP contribution is -2.46. The first-order valence-electron chi connectivity index (χ1n) is 5.81.